The molecule has 1 aliphatic carbocycles. The van der Waals surface area contributed by atoms with Crippen molar-refractivity contribution in [1.29, 1.82) is 0 Å². The minimum absolute atomic E-state index is 0.0669. The lowest BCUT2D eigenvalue weighted by molar-refractivity contribution is -0.151. The average Bonchev–Trinajstić information content (AvgIpc) is 3.03. The Morgan fingerprint density at radius 3 is 2.68 bits per heavy atom. The van der Waals surface area contributed by atoms with E-state index >= 15 is 0 Å². The highest BCUT2D eigenvalue weighted by Crippen LogP contribution is 2.25. The molecule has 0 spiro atoms. The maximum absolute atomic E-state index is 12.0. The predicted molar refractivity (Wildman–Crippen MR) is 83.0 cm³/mol. The number of esters is 1. The van der Waals surface area contributed by atoms with E-state index in [2.05, 4.69) is 5.16 Å². The van der Waals surface area contributed by atoms with E-state index in [-0.39, 0.29) is 18.5 Å². The smallest absolute Gasteiger partial charge is 0.309 e. The summed E-state index contributed by atoms with van der Waals surface area (Å²) in [5.41, 5.74) is 2.83. The zero-order valence-corrected chi connectivity index (χ0v) is 12.9. The first kappa shape index (κ1) is 14.8. The first-order valence-electron chi connectivity index (χ1n) is 7.91. The molecule has 4 heteroatoms. The molecular weight excluding hydrogens is 278 g/mol. The van der Waals surface area contributed by atoms with Crippen molar-refractivity contribution >= 4 is 5.97 Å². The van der Waals surface area contributed by atoms with Gasteiger partial charge >= 0.3 is 5.97 Å². The molecule has 0 unspecified atom stereocenters. The van der Waals surface area contributed by atoms with Crippen LogP contribution in [0.15, 0.2) is 34.9 Å². The third-order valence-corrected chi connectivity index (χ3v) is 4.20. The second kappa shape index (κ2) is 6.77. The third-order valence-electron chi connectivity index (χ3n) is 4.20. The van der Waals surface area contributed by atoms with E-state index in [9.17, 15) is 4.79 Å². The number of rotatable bonds is 4. The number of benzene rings is 1. The van der Waals surface area contributed by atoms with Gasteiger partial charge in [0.1, 0.15) is 12.3 Å². The second-order valence-electron chi connectivity index (χ2n) is 5.99. The third kappa shape index (κ3) is 3.56. The first-order valence-corrected chi connectivity index (χ1v) is 7.91. The molecule has 0 aliphatic heterocycles. The SMILES string of the molecule is Cc1ccc(-c2cc(COC(=O)C3CCCCC3)no2)cc1. The van der Waals surface area contributed by atoms with E-state index in [4.69, 9.17) is 9.26 Å². The van der Waals surface area contributed by atoms with Crippen LogP contribution in [0, 0.1) is 12.8 Å². The fourth-order valence-corrected chi connectivity index (χ4v) is 2.83. The van der Waals surface area contributed by atoms with Crippen LogP contribution >= 0.6 is 0 Å². The Bertz CT molecular complexity index is 624. The van der Waals surface area contributed by atoms with E-state index in [1.807, 2.05) is 37.3 Å². The van der Waals surface area contributed by atoms with Crippen molar-refractivity contribution in [2.75, 3.05) is 0 Å². The Hall–Kier alpha value is -2.10. The van der Waals surface area contributed by atoms with Gasteiger partial charge in [-0.3, -0.25) is 4.79 Å². The van der Waals surface area contributed by atoms with Gasteiger partial charge in [0, 0.05) is 11.6 Å². The van der Waals surface area contributed by atoms with Crippen molar-refractivity contribution in [3.05, 3.63) is 41.6 Å². The van der Waals surface area contributed by atoms with Crippen molar-refractivity contribution in [2.45, 2.75) is 45.6 Å². The molecule has 0 atom stereocenters. The minimum Gasteiger partial charge on any atom is -0.459 e. The Kier molecular flexibility index (Phi) is 4.56. The van der Waals surface area contributed by atoms with Gasteiger partial charge in [0.2, 0.25) is 0 Å². The largest absolute Gasteiger partial charge is 0.459 e. The van der Waals surface area contributed by atoms with Gasteiger partial charge in [-0.25, -0.2) is 0 Å². The number of carbonyl (C=O) groups is 1. The molecule has 3 rings (SSSR count). The van der Waals surface area contributed by atoms with Crippen molar-refractivity contribution in [3.63, 3.8) is 0 Å². The fourth-order valence-electron chi connectivity index (χ4n) is 2.83. The van der Waals surface area contributed by atoms with Crippen molar-refractivity contribution in [1.82, 2.24) is 5.16 Å². The molecule has 0 saturated heterocycles. The minimum atomic E-state index is -0.0976. The summed E-state index contributed by atoms with van der Waals surface area (Å²) in [7, 11) is 0. The van der Waals surface area contributed by atoms with Gasteiger partial charge < -0.3 is 9.26 Å². The molecule has 0 N–H and O–H groups in total. The van der Waals surface area contributed by atoms with Crippen molar-refractivity contribution < 1.29 is 14.1 Å². The van der Waals surface area contributed by atoms with Crippen LogP contribution in [0.1, 0.15) is 43.4 Å². The zero-order valence-electron chi connectivity index (χ0n) is 12.9. The van der Waals surface area contributed by atoms with Crippen LogP contribution < -0.4 is 0 Å². The quantitative estimate of drug-likeness (QED) is 0.791. The Labute approximate surface area is 130 Å². The summed E-state index contributed by atoms with van der Waals surface area (Å²) in [5.74, 6) is 0.667. The molecule has 2 aromatic rings. The van der Waals surface area contributed by atoms with Crippen molar-refractivity contribution in [3.8, 4) is 11.3 Å². The summed E-state index contributed by atoms with van der Waals surface area (Å²) in [6.07, 6.45) is 5.38. The predicted octanol–water partition coefficient (Wildman–Crippen LogP) is 4.27. The van der Waals surface area contributed by atoms with Gasteiger partial charge in [-0.2, -0.15) is 0 Å². The van der Waals surface area contributed by atoms with E-state index in [1.165, 1.54) is 12.0 Å². The molecule has 0 radical (unpaired) electrons. The van der Waals surface area contributed by atoms with E-state index in [0.29, 0.717) is 11.5 Å². The second-order valence-corrected chi connectivity index (χ2v) is 5.99. The Morgan fingerprint density at radius 2 is 1.95 bits per heavy atom. The first-order chi connectivity index (χ1) is 10.7. The van der Waals surface area contributed by atoms with E-state index in [1.54, 1.807) is 0 Å². The van der Waals surface area contributed by atoms with Crippen molar-refractivity contribution in [2.24, 2.45) is 5.92 Å². The lowest BCUT2D eigenvalue weighted by atomic mass is 9.89. The summed E-state index contributed by atoms with van der Waals surface area (Å²) >= 11 is 0. The standard InChI is InChI=1S/C18H21NO3/c1-13-7-9-14(10-8-13)17-11-16(19-22-17)12-21-18(20)15-5-3-2-4-6-15/h7-11,15H,2-6,12H2,1H3. The molecular formula is C18H21NO3. The normalized spacial score (nSPS) is 15.7. The van der Waals surface area contributed by atoms with Crippen LogP contribution in [0.2, 0.25) is 0 Å². The van der Waals surface area contributed by atoms with Gasteiger partial charge in [-0.1, -0.05) is 54.2 Å². The molecule has 22 heavy (non-hydrogen) atoms. The highest BCUT2D eigenvalue weighted by Gasteiger charge is 2.22. The Morgan fingerprint density at radius 1 is 1.23 bits per heavy atom. The van der Waals surface area contributed by atoms with E-state index in [0.717, 1.165) is 31.2 Å². The maximum Gasteiger partial charge on any atom is 0.309 e. The van der Waals surface area contributed by atoms with Crippen LogP contribution in [0.4, 0.5) is 0 Å². The molecule has 1 saturated carbocycles. The number of ether oxygens (including phenoxy) is 1. The van der Waals surface area contributed by atoms with Crippen LogP contribution in [0.5, 0.6) is 0 Å². The lowest BCUT2D eigenvalue weighted by Gasteiger charge is -2.19. The molecule has 1 fully saturated rings. The average molecular weight is 299 g/mol. The summed E-state index contributed by atoms with van der Waals surface area (Å²) in [6.45, 7) is 2.23. The van der Waals surface area contributed by atoms with Gasteiger partial charge in [0.15, 0.2) is 5.76 Å². The van der Waals surface area contributed by atoms with Crippen LogP contribution in [-0.2, 0) is 16.1 Å². The number of hydrogen-bond donors (Lipinski definition) is 0. The number of carbonyl (C=O) groups excluding carboxylic acids is 1. The number of aromatic nitrogens is 1. The summed E-state index contributed by atoms with van der Waals surface area (Å²) < 4.78 is 10.7. The van der Waals surface area contributed by atoms with Gasteiger partial charge in [0.25, 0.3) is 0 Å². The van der Waals surface area contributed by atoms with E-state index < -0.39 is 0 Å². The highest BCUT2D eigenvalue weighted by molar-refractivity contribution is 5.72. The Balaban J connectivity index is 1.57. The molecule has 116 valence electrons. The molecule has 0 bridgehead atoms. The maximum atomic E-state index is 12.0. The molecule has 1 heterocycles. The molecule has 0 amide bonds. The topological polar surface area (TPSA) is 52.3 Å². The zero-order chi connectivity index (χ0) is 15.4. The van der Waals surface area contributed by atoms with Crippen LogP contribution in [0.3, 0.4) is 0 Å². The lowest BCUT2D eigenvalue weighted by Crippen LogP contribution is -2.20. The summed E-state index contributed by atoms with van der Waals surface area (Å²) in [6, 6.07) is 9.88. The van der Waals surface area contributed by atoms with Crippen LogP contribution in [0.25, 0.3) is 11.3 Å². The van der Waals surface area contributed by atoms with Crippen LogP contribution in [-0.4, -0.2) is 11.1 Å². The number of aryl methyl sites for hydroxylation is 1. The fraction of sp³-hybridized carbons (Fsp3) is 0.444. The number of nitrogens with zero attached hydrogens (tertiary/aromatic N) is 1. The molecule has 1 aromatic heterocycles. The number of hydrogen-bond acceptors (Lipinski definition) is 4. The molecule has 4 nitrogen and oxygen atoms in total. The van der Waals surface area contributed by atoms with Gasteiger partial charge in [-0.05, 0) is 19.8 Å². The summed E-state index contributed by atoms with van der Waals surface area (Å²) in [5, 5.41) is 3.98. The van der Waals surface area contributed by atoms with Gasteiger partial charge in [-0.15, -0.1) is 0 Å². The molecule has 1 aromatic carbocycles. The highest BCUT2D eigenvalue weighted by atomic mass is 16.5. The monoisotopic (exact) mass is 299 g/mol. The summed E-state index contributed by atoms with van der Waals surface area (Å²) in [4.78, 5) is 12.0. The molecule has 1 aliphatic rings. The van der Waals surface area contributed by atoms with Gasteiger partial charge in [0.05, 0.1) is 5.92 Å².